The Morgan fingerprint density at radius 1 is 0.536 bits per heavy atom. The van der Waals surface area contributed by atoms with Gasteiger partial charge in [0.25, 0.3) is 0 Å². The van der Waals surface area contributed by atoms with Crippen LogP contribution in [0.2, 0.25) is 0 Å². The molecule has 0 N–H and O–H groups in total. The van der Waals surface area contributed by atoms with Crippen molar-refractivity contribution >= 4 is 21.5 Å². The van der Waals surface area contributed by atoms with E-state index in [4.69, 9.17) is 0 Å². The first-order valence-electron chi connectivity index (χ1n) is 8.41. The maximum atomic E-state index is 3.72. The Kier molecular flexibility index (Phi) is 13.3. The number of hydrogen-bond acceptors (Lipinski definition) is 0. The van der Waals surface area contributed by atoms with Crippen LogP contribution in [0.4, 0.5) is 0 Å². The first-order chi connectivity index (χ1) is 12.3. The van der Waals surface area contributed by atoms with Crippen molar-refractivity contribution in [2.45, 2.75) is 0 Å². The summed E-state index contributed by atoms with van der Waals surface area (Å²) >= 11 is 0. The van der Waals surface area contributed by atoms with Gasteiger partial charge < -0.3 is 24.8 Å². The summed E-state index contributed by atoms with van der Waals surface area (Å²) in [6, 6.07) is 39.1. The Morgan fingerprint density at radius 2 is 0.964 bits per heavy atom. The van der Waals surface area contributed by atoms with Gasteiger partial charge in [-0.15, -0.1) is 51.9 Å². The second-order valence-electron chi connectivity index (χ2n) is 5.77. The fourth-order valence-corrected chi connectivity index (χ4v) is 2.70. The van der Waals surface area contributed by atoms with Gasteiger partial charge in [0.05, 0.1) is 0 Å². The Hall–Kier alpha value is -1.79. The molecule has 0 saturated carbocycles. The second kappa shape index (κ2) is 14.2. The van der Waals surface area contributed by atoms with Gasteiger partial charge in [0.2, 0.25) is 0 Å². The zero-order valence-electron chi connectivity index (χ0n) is 15.4. The van der Waals surface area contributed by atoms with Crippen LogP contribution in [0.15, 0.2) is 115 Å². The molecule has 0 spiro atoms. The van der Waals surface area contributed by atoms with E-state index in [9.17, 15) is 0 Å². The van der Waals surface area contributed by atoms with Crippen LogP contribution in [0.3, 0.4) is 0 Å². The van der Waals surface area contributed by atoms with E-state index in [1.54, 1.807) is 0 Å². The van der Waals surface area contributed by atoms with Crippen molar-refractivity contribution in [2.75, 3.05) is 0 Å². The first kappa shape index (κ1) is 26.2. The molecule has 0 nitrogen and oxygen atoms in total. The molecule has 0 saturated heterocycles. The summed E-state index contributed by atoms with van der Waals surface area (Å²) in [6.45, 7) is 3.72. The van der Waals surface area contributed by atoms with E-state index < -0.39 is 0 Å². The summed E-state index contributed by atoms with van der Waals surface area (Å²) in [5.41, 5.74) is 1.07. The Balaban J connectivity index is 0.000000419. The van der Waals surface area contributed by atoms with E-state index in [-0.39, 0.29) is 51.0 Å². The van der Waals surface area contributed by atoms with Gasteiger partial charge in [-0.3, -0.25) is 0 Å². The van der Waals surface area contributed by atoms with Crippen molar-refractivity contribution in [1.82, 2.24) is 0 Å². The third-order valence-electron chi connectivity index (χ3n) is 3.92. The molecule has 0 heterocycles. The van der Waals surface area contributed by atoms with Crippen molar-refractivity contribution in [3.8, 4) is 0 Å². The third kappa shape index (κ3) is 7.68. The van der Waals surface area contributed by atoms with Crippen LogP contribution in [0, 0.1) is 6.92 Å². The van der Waals surface area contributed by atoms with E-state index in [0.717, 1.165) is 5.56 Å². The summed E-state index contributed by atoms with van der Waals surface area (Å²) in [7, 11) is 0. The molecular weight excluding hydrogens is 462 g/mol. The normalized spacial score (nSPS) is 8.71. The van der Waals surface area contributed by atoms with E-state index in [2.05, 4.69) is 61.5 Å². The minimum Gasteiger partial charge on any atom is -1.00 e. The molecule has 3 heteroatoms. The maximum Gasteiger partial charge on any atom is 2.00 e. The molecule has 0 fully saturated rings. The Morgan fingerprint density at radius 3 is 1.32 bits per heavy atom. The summed E-state index contributed by atoms with van der Waals surface area (Å²) in [5, 5.41) is 5.39. The summed E-state index contributed by atoms with van der Waals surface area (Å²) < 4.78 is 0. The molecule has 0 bridgehead atoms. The van der Waals surface area contributed by atoms with Crippen molar-refractivity contribution in [2.24, 2.45) is 0 Å². The van der Waals surface area contributed by atoms with Crippen LogP contribution in [0.1, 0.15) is 5.56 Å². The zero-order chi connectivity index (χ0) is 17.3. The maximum absolute atomic E-state index is 3.72. The molecule has 28 heavy (non-hydrogen) atoms. The number of rotatable bonds is 0. The van der Waals surface area contributed by atoms with Gasteiger partial charge in [0, 0.05) is 0 Å². The molecule has 5 aromatic rings. The Bertz CT molecular complexity index is 935. The van der Waals surface area contributed by atoms with Crippen LogP contribution in [-0.4, -0.2) is 0 Å². The summed E-state index contributed by atoms with van der Waals surface area (Å²) in [5.74, 6) is 0. The fourth-order valence-electron chi connectivity index (χ4n) is 2.70. The monoisotopic (exact) mass is 481 g/mol. The smallest absolute Gasteiger partial charge is 1.00 e. The predicted molar refractivity (Wildman–Crippen MR) is 110 cm³/mol. The van der Waals surface area contributed by atoms with Gasteiger partial charge in [0.15, 0.2) is 0 Å². The molecule has 0 atom stereocenters. The molecular formula is C25H21Cl2Zr-3. The molecule has 0 amide bonds. The standard InChI is InChI=1S/C13H9.C7H7.C5H5.2ClH.Zr/c1-3-7-12-10(5-1)9-11-6-2-4-8-13(11)12;1-7-5-3-2-4-6-7;1-2-4-5-3-1;;;/h1-9H;2-6H,1H2;1-5H;2*1H;/q3*-1;;;+2/p-2. The van der Waals surface area contributed by atoms with Gasteiger partial charge in [-0.05, 0) is 0 Å². The molecule has 5 aromatic carbocycles. The quantitative estimate of drug-likeness (QED) is 0.288. The van der Waals surface area contributed by atoms with Gasteiger partial charge >= 0.3 is 26.2 Å². The van der Waals surface area contributed by atoms with Crippen LogP contribution in [-0.2, 0) is 26.2 Å². The predicted octanol–water partition coefficient (Wildman–Crippen LogP) is 0.992. The topological polar surface area (TPSA) is 0 Å². The minimum absolute atomic E-state index is 0. The molecule has 142 valence electrons. The first-order valence-corrected chi connectivity index (χ1v) is 8.41. The average molecular weight is 484 g/mol. The largest absolute Gasteiger partial charge is 2.00 e. The fraction of sp³-hybridized carbons (Fsp3) is 0. The zero-order valence-corrected chi connectivity index (χ0v) is 19.4. The minimum atomic E-state index is 0. The molecule has 0 radical (unpaired) electrons. The molecule has 5 rings (SSSR count). The van der Waals surface area contributed by atoms with E-state index in [1.165, 1.54) is 21.5 Å². The van der Waals surface area contributed by atoms with Crippen LogP contribution in [0.5, 0.6) is 0 Å². The summed E-state index contributed by atoms with van der Waals surface area (Å²) in [6.07, 6.45) is 0. The van der Waals surface area contributed by atoms with E-state index >= 15 is 0 Å². The van der Waals surface area contributed by atoms with Gasteiger partial charge in [0.1, 0.15) is 0 Å². The Labute approximate surface area is 199 Å². The number of hydrogen-bond donors (Lipinski definition) is 0. The van der Waals surface area contributed by atoms with Crippen molar-refractivity contribution in [1.29, 1.82) is 0 Å². The molecule has 0 aromatic heterocycles. The SMILES string of the molecule is [CH2-]c1ccccc1.[Cl-].[Cl-].[Zr+2].c1cc[cH-]c1.c1ccc2c(c1)[cH-]c1ccccc12. The van der Waals surface area contributed by atoms with Crippen LogP contribution in [0.25, 0.3) is 21.5 Å². The number of fused-ring (bicyclic) bond motifs is 3. The van der Waals surface area contributed by atoms with E-state index in [0.29, 0.717) is 0 Å². The molecule has 0 aliphatic heterocycles. The van der Waals surface area contributed by atoms with Gasteiger partial charge in [-0.25, -0.2) is 12.1 Å². The van der Waals surface area contributed by atoms with Crippen LogP contribution < -0.4 is 24.8 Å². The van der Waals surface area contributed by atoms with Crippen molar-refractivity contribution in [3.05, 3.63) is 128 Å². The summed E-state index contributed by atoms with van der Waals surface area (Å²) in [4.78, 5) is 0. The average Bonchev–Trinajstić information content (AvgIpc) is 3.34. The van der Waals surface area contributed by atoms with Crippen molar-refractivity contribution in [3.63, 3.8) is 0 Å². The number of benzene rings is 3. The molecule has 0 aliphatic carbocycles. The molecule has 0 unspecified atom stereocenters. The third-order valence-corrected chi connectivity index (χ3v) is 3.92. The van der Waals surface area contributed by atoms with Gasteiger partial charge in [-0.2, -0.15) is 42.8 Å². The van der Waals surface area contributed by atoms with Crippen molar-refractivity contribution < 1.29 is 51.0 Å². The number of halogens is 2. The molecule has 0 aliphatic rings. The second-order valence-corrected chi connectivity index (χ2v) is 5.77. The van der Waals surface area contributed by atoms with Gasteiger partial charge in [-0.1, -0.05) is 42.5 Å². The van der Waals surface area contributed by atoms with Crippen LogP contribution >= 0.6 is 0 Å². The van der Waals surface area contributed by atoms with E-state index in [1.807, 2.05) is 60.7 Å².